The number of halogens is 2. The zero-order valence-corrected chi connectivity index (χ0v) is 18.9. The molecule has 0 heterocycles. The molecule has 1 aromatic rings. The number of likely N-dealkylation sites (N-methyl/N-ethyl adjacent to an activating group) is 1. The number of hydrogen-bond donors (Lipinski definition) is 2. The van der Waals surface area contributed by atoms with Crippen molar-refractivity contribution in [3.8, 4) is 0 Å². The van der Waals surface area contributed by atoms with Crippen molar-refractivity contribution in [1.29, 1.82) is 0 Å². The maximum Gasteiger partial charge on any atom is 0.243 e. The van der Waals surface area contributed by atoms with Gasteiger partial charge in [-0.1, -0.05) is 41.1 Å². The number of hydrogen-bond acceptors (Lipinski definition) is 2. The molecule has 0 bridgehead atoms. The van der Waals surface area contributed by atoms with Gasteiger partial charge in [0.25, 0.3) is 0 Å². The van der Waals surface area contributed by atoms with Gasteiger partial charge in [0.2, 0.25) is 5.91 Å². The molecule has 7 heteroatoms. The standard InChI is InChI=1S/C17H27BrN4O.HI/c1-6-12(2)20-17(19-11-16(23)22(4)5)21-13(3)14-9-7-8-10-15(14)18;/h7-10,12-13H,6,11H2,1-5H3,(H2,19,20,21);1H. The summed E-state index contributed by atoms with van der Waals surface area (Å²) >= 11 is 3.57. The van der Waals surface area contributed by atoms with Crippen molar-refractivity contribution in [2.75, 3.05) is 20.6 Å². The molecule has 0 spiro atoms. The molecule has 1 rings (SSSR count). The lowest BCUT2D eigenvalue weighted by Gasteiger charge is -2.22. The van der Waals surface area contributed by atoms with Gasteiger partial charge in [-0.15, -0.1) is 24.0 Å². The van der Waals surface area contributed by atoms with E-state index in [2.05, 4.69) is 58.4 Å². The third-order valence-electron chi connectivity index (χ3n) is 3.59. The number of amides is 1. The largest absolute Gasteiger partial charge is 0.354 e. The minimum absolute atomic E-state index is 0. The van der Waals surface area contributed by atoms with E-state index in [9.17, 15) is 4.79 Å². The molecule has 0 aromatic heterocycles. The second kappa shape index (κ2) is 11.7. The van der Waals surface area contributed by atoms with E-state index in [0.717, 1.165) is 16.5 Å². The predicted molar refractivity (Wildman–Crippen MR) is 115 cm³/mol. The SMILES string of the molecule is CCC(C)NC(=NCC(=O)N(C)C)NC(C)c1ccccc1Br.I. The maximum atomic E-state index is 11.8. The average Bonchev–Trinajstić information content (AvgIpc) is 2.52. The predicted octanol–water partition coefficient (Wildman–Crippen LogP) is 3.55. The number of carbonyl (C=O) groups is 1. The van der Waals surface area contributed by atoms with E-state index in [-0.39, 0.29) is 48.5 Å². The highest BCUT2D eigenvalue weighted by atomic mass is 127. The van der Waals surface area contributed by atoms with Gasteiger partial charge in [0.05, 0.1) is 6.04 Å². The van der Waals surface area contributed by atoms with E-state index in [1.807, 2.05) is 18.2 Å². The first-order chi connectivity index (χ1) is 10.8. The van der Waals surface area contributed by atoms with E-state index >= 15 is 0 Å². The van der Waals surface area contributed by atoms with E-state index < -0.39 is 0 Å². The molecule has 0 radical (unpaired) electrons. The van der Waals surface area contributed by atoms with Crippen LogP contribution in [0.5, 0.6) is 0 Å². The Morgan fingerprint density at radius 2 is 1.88 bits per heavy atom. The van der Waals surface area contributed by atoms with Crippen LogP contribution in [0, 0.1) is 0 Å². The van der Waals surface area contributed by atoms with Gasteiger partial charge in [0, 0.05) is 24.6 Å². The quantitative estimate of drug-likeness (QED) is 0.349. The van der Waals surface area contributed by atoms with Crippen LogP contribution in [0.3, 0.4) is 0 Å². The van der Waals surface area contributed by atoms with E-state index in [1.165, 1.54) is 0 Å². The first-order valence-corrected chi connectivity index (χ1v) is 8.66. The van der Waals surface area contributed by atoms with Crippen molar-refractivity contribution >= 4 is 51.8 Å². The lowest BCUT2D eigenvalue weighted by Crippen LogP contribution is -2.43. The van der Waals surface area contributed by atoms with Gasteiger partial charge in [-0.3, -0.25) is 4.79 Å². The summed E-state index contributed by atoms with van der Waals surface area (Å²) in [6, 6.07) is 8.42. The molecule has 2 N–H and O–H groups in total. The number of guanidine groups is 1. The second-order valence-electron chi connectivity index (χ2n) is 5.79. The molecule has 0 saturated carbocycles. The molecule has 0 fully saturated rings. The van der Waals surface area contributed by atoms with Gasteiger partial charge >= 0.3 is 0 Å². The molecule has 0 aliphatic rings. The molecule has 2 unspecified atom stereocenters. The third-order valence-corrected chi connectivity index (χ3v) is 4.31. The normalized spacial score (nSPS) is 13.5. The van der Waals surface area contributed by atoms with Crippen LogP contribution in [0.1, 0.15) is 38.8 Å². The summed E-state index contributed by atoms with van der Waals surface area (Å²) in [5, 5.41) is 6.71. The Bertz CT molecular complexity index is 551. The van der Waals surface area contributed by atoms with Crippen molar-refractivity contribution in [1.82, 2.24) is 15.5 Å². The Hall–Kier alpha value is -0.830. The molecule has 1 amide bonds. The van der Waals surface area contributed by atoms with Crippen molar-refractivity contribution in [3.63, 3.8) is 0 Å². The fourth-order valence-electron chi connectivity index (χ4n) is 1.87. The molecular weight excluding hydrogens is 483 g/mol. The number of aliphatic imine (C=N–C) groups is 1. The van der Waals surface area contributed by atoms with Gasteiger partial charge in [0.15, 0.2) is 5.96 Å². The molecule has 1 aromatic carbocycles. The molecule has 136 valence electrons. The van der Waals surface area contributed by atoms with Crippen molar-refractivity contribution < 1.29 is 4.79 Å². The topological polar surface area (TPSA) is 56.7 Å². The van der Waals surface area contributed by atoms with Crippen LogP contribution in [-0.2, 0) is 4.79 Å². The number of rotatable bonds is 6. The van der Waals surface area contributed by atoms with E-state index in [1.54, 1.807) is 19.0 Å². The van der Waals surface area contributed by atoms with Crippen LogP contribution in [0.4, 0.5) is 0 Å². The zero-order valence-electron chi connectivity index (χ0n) is 15.0. The van der Waals surface area contributed by atoms with E-state index in [0.29, 0.717) is 5.96 Å². The van der Waals surface area contributed by atoms with Crippen molar-refractivity contribution in [3.05, 3.63) is 34.3 Å². The van der Waals surface area contributed by atoms with Crippen LogP contribution in [0.2, 0.25) is 0 Å². The summed E-state index contributed by atoms with van der Waals surface area (Å²) in [6.07, 6.45) is 0.978. The third kappa shape index (κ3) is 7.83. The number of carbonyl (C=O) groups excluding carboxylic acids is 1. The Kier molecular flexibility index (Phi) is 11.3. The molecule has 0 aliphatic carbocycles. The molecule has 2 atom stereocenters. The molecule has 5 nitrogen and oxygen atoms in total. The monoisotopic (exact) mass is 510 g/mol. The smallest absolute Gasteiger partial charge is 0.243 e. The zero-order chi connectivity index (χ0) is 17.4. The number of benzene rings is 1. The molecular formula is C17H28BrIN4O. The molecule has 0 saturated heterocycles. The van der Waals surface area contributed by atoms with Crippen molar-refractivity contribution in [2.45, 2.75) is 39.3 Å². The average molecular weight is 511 g/mol. The highest BCUT2D eigenvalue weighted by molar-refractivity contribution is 14.0. The van der Waals surface area contributed by atoms with Crippen LogP contribution < -0.4 is 10.6 Å². The summed E-state index contributed by atoms with van der Waals surface area (Å²) in [6.45, 7) is 6.40. The van der Waals surface area contributed by atoms with Gasteiger partial charge in [-0.2, -0.15) is 0 Å². The summed E-state index contributed by atoms with van der Waals surface area (Å²) in [4.78, 5) is 17.7. The van der Waals surface area contributed by atoms with Crippen LogP contribution in [-0.4, -0.2) is 43.4 Å². The first kappa shape index (κ1) is 23.2. The highest BCUT2D eigenvalue weighted by Gasteiger charge is 2.13. The minimum atomic E-state index is -0.0243. The minimum Gasteiger partial charge on any atom is -0.354 e. The summed E-state index contributed by atoms with van der Waals surface area (Å²) in [5.41, 5.74) is 1.14. The lowest BCUT2D eigenvalue weighted by atomic mass is 10.1. The molecule has 24 heavy (non-hydrogen) atoms. The summed E-state index contributed by atoms with van der Waals surface area (Å²) in [7, 11) is 3.47. The summed E-state index contributed by atoms with van der Waals surface area (Å²) in [5.74, 6) is 0.626. The van der Waals surface area contributed by atoms with E-state index in [4.69, 9.17) is 0 Å². The van der Waals surface area contributed by atoms with Gasteiger partial charge < -0.3 is 15.5 Å². The molecule has 0 aliphatic heterocycles. The summed E-state index contributed by atoms with van der Waals surface area (Å²) < 4.78 is 1.05. The Labute approximate surface area is 170 Å². The maximum absolute atomic E-state index is 11.8. The Morgan fingerprint density at radius 1 is 1.25 bits per heavy atom. The van der Waals surface area contributed by atoms with Gasteiger partial charge in [-0.05, 0) is 31.9 Å². The number of nitrogens with zero attached hydrogens (tertiary/aromatic N) is 2. The van der Waals surface area contributed by atoms with Gasteiger partial charge in [0.1, 0.15) is 6.54 Å². The fourth-order valence-corrected chi connectivity index (χ4v) is 2.49. The van der Waals surface area contributed by atoms with Crippen molar-refractivity contribution in [2.24, 2.45) is 4.99 Å². The second-order valence-corrected chi connectivity index (χ2v) is 6.65. The lowest BCUT2D eigenvalue weighted by molar-refractivity contribution is -0.127. The Morgan fingerprint density at radius 3 is 2.42 bits per heavy atom. The highest BCUT2D eigenvalue weighted by Crippen LogP contribution is 2.22. The number of nitrogens with one attached hydrogen (secondary N) is 2. The van der Waals surface area contributed by atoms with Crippen LogP contribution in [0.25, 0.3) is 0 Å². The van der Waals surface area contributed by atoms with Crippen LogP contribution in [0.15, 0.2) is 33.7 Å². The first-order valence-electron chi connectivity index (χ1n) is 7.87. The van der Waals surface area contributed by atoms with Gasteiger partial charge in [-0.25, -0.2) is 4.99 Å². The Balaban J connectivity index is 0.00000529. The fraction of sp³-hybridized carbons (Fsp3) is 0.529. The van der Waals surface area contributed by atoms with Crippen LogP contribution >= 0.6 is 39.9 Å².